The molecule has 2 aromatic heterocycles. The Morgan fingerprint density at radius 1 is 1.35 bits per heavy atom. The zero-order valence-electron chi connectivity index (χ0n) is 9.46. The summed E-state index contributed by atoms with van der Waals surface area (Å²) in [7, 11) is 0. The number of hydrogen-bond acceptors (Lipinski definition) is 5. The summed E-state index contributed by atoms with van der Waals surface area (Å²) in [6, 6.07) is 0. The van der Waals surface area contributed by atoms with Crippen LogP contribution in [0.1, 0.15) is 24.3 Å². The molecule has 1 aliphatic rings. The topological polar surface area (TPSA) is 72.3 Å². The number of thiophene rings is 1. The van der Waals surface area contributed by atoms with Crippen LogP contribution in [-0.2, 0) is 17.8 Å². The quantitative estimate of drug-likeness (QED) is 0.770. The van der Waals surface area contributed by atoms with Crippen molar-refractivity contribution in [1.29, 1.82) is 0 Å². The number of fused-ring (bicyclic) bond motifs is 3. The molecule has 1 N–H and O–H groups in total. The lowest BCUT2D eigenvalue weighted by Crippen LogP contribution is -2.31. The van der Waals surface area contributed by atoms with Gasteiger partial charge in [0.25, 0.3) is 0 Å². The zero-order valence-corrected chi connectivity index (χ0v) is 10.3. The van der Waals surface area contributed by atoms with Crippen molar-refractivity contribution in [3.8, 4) is 0 Å². The van der Waals surface area contributed by atoms with Gasteiger partial charge in [-0.1, -0.05) is 0 Å². The molecule has 6 heteroatoms. The predicted molar refractivity (Wildman–Crippen MR) is 63.6 cm³/mol. The maximum Gasteiger partial charge on any atom is 0.420 e. The summed E-state index contributed by atoms with van der Waals surface area (Å²) < 4.78 is 10.3. The van der Waals surface area contributed by atoms with Gasteiger partial charge in [0.2, 0.25) is 0 Å². The van der Waals surface area contributed by atoms with E-state index in [1.165, 1.54) is 11.3 Å². The molecule has 0 radical (unpaired) electrons. The van der Waals surface area contributed by atoms with E-state index < -0.39 is 11.4 Å². The lowest BCUT2D eigenvalue weighted by molar-refractivity contribution is -0.0379. The fraction of sp³-hybridized carbons (Fsp3) is 0.455. The van der Waals surface area contributed by atoms with Crippen molar-refractivity contribution in [1.82, 2.24) is 4.98 Å². The second-order valence-corrected chi connectivity index (χ2v) is 5.84. The van der Waals surface area contributed by atoms with Crippen molar-refractivity contribution in [2.24, 2.45) is 0 Å². The van der Waals surface area contributed by atoms with E-state index in [0.29, 0.717) is 23.2 Å². The van der Waals surface area contributed by atoms with E-state index in [1.54, 1.807) is 0 Å². The van der Waals surface area contributed by atoms with Crippen LogP contribution in [0.2, 0.25) is 0 Å². The van der Waals surface area contributed by atoms with Gasteiger partial charge in [0.05, 0.1) is 17.6 Å². The van der Waals surface area contributed by atoms with Crippen molar-refractivity contribution in [2.45, 2.75) is 32.5 Å². The van der Waals surface area contributed by atoms with Gasteiger partial charge >= 0.3 is 11.4 Å². The monoisotopic (exact) mass is 253 g/mol. The highest BCUT2D eigenvalue weighted by Crippen LogP contribution is 2.36. The van der Waals surface area contributed by atoms with E-state index in [4.69, 9.17) is 4.74 Å². The minimum atomic E-state index is -0.707. The first kappa shape index (κ1) is 10.7. The van der Waals surface area contributed by atoms with Crippen LogP contribution in [0.25, 0.3) is 10.2 Å². The van der Waals surface area contributed by atoms with Crippen LogP contribution in [0.15, 0.2) is 14.0 Å². The molecule has 3 rings (SSSR count). The maximum absolute atomic E-state index is 11.7. The number of rotatable bonds is 0. The summed E-state index contributed by atoms with van der Waals surface area (Å²) in [6.07, 6.45) is 0.652. The lowest BCUT2D eigenvalue weighted by Gasteiger charge is -2.29. The third-order valence-electron chi connectivity index (χ3n) is 2.89. The Morgan fingerprint density at radius 3 is 2.88 bits per heavy atom. The van der Waals surface area contributed by atoms with Crippen LogP contribution >= 0.6 is 11.3 Å². The zero-order chi connectivity index (χ0) is 12.2. The lowest BCUT2D eigenvalue weighted by atomic mass is 9.95. The van der Waals surface area contributed by atoms with Crippen LogP contribution < -0.4 is 11.4 Å². The van der Waals surface area contributed by atoms with Crippen LogP contribution in [0.3, 0.4) is 0 Å². The van der Waals surface area contributed by atoms with Crippen molar-refractivity contribution in [3.05, 3.63) is 31.4 Å². The third kappa shape index (κ3) is 1.64. The highest BCUT2D eigenvalue weighted by atomic mass is 32.1. The van der Waals surface area contributed by atoms with Gasteiger partial charge in [-0.15, -0.1) is 11.3 Å². The molecular weight excluding hydrogens is 242 g/mol. The van der Waals surface area contributed by atoms with E-state index in [-0.39, 0.29) is 5.60 Å². The largest absolute Gasteiger partial charge is 0.420 e. The Balaban J connectivity index is 2.36. The van der Waals surface area contributed by atoms with Crippen LogP contribution in [0, 0.1) is 0 Å². The van der Waals surface area contributed by atoms with Crippen molar-refractivity contribution >= 4 is 21.6 Å². The first-order chi connectivity index (χ1) is 7.96. The normalized spacial score (nSPS) is 18.2. The van der Waals surface area contributed by atoms with Crippen molar-refractivity contribution in [2.75, 3.05) is 0 Å². The van der Waals surface area contributed by atoms with Gasteiger partial charge in [-0.3, -0.25) is 4.98 Å². The maximum atomic E-state index is 11.7. The van der Waals surface area contributed by atoms with Crippen molar-refractivity contribution < 1.29 is 9.15 Å². The molecule has 1 aliphatic heterocycles. The molecule has 0 aromatic carbocycles. The third-order valence-corrected chi connectivity index (χ3v) is 4.01. The minimum absolute atomic E-state index is 0.288. The number of ether oxygens (including phenoxy) is 1. The van der Waals surface area contributed by atoms with Crippen LogP contribution in [0.4, 0.5) is 0 Å². The van der Waals surface area contributed by atoms with E-state index >= 15 is 0 Å². The fourth-order valence-electron chi connectivity index (χ4n) is 2.11. The summed E-state index contributed by atoms with van der Waals surface area (Å²) in [4.78, 5) is 27.0. The number of aromatic nitrogens is 1. The van der Waals surface area contributed by atoms with Crippen molar-refractivity contribution in [3.63, 3.8) is 0 Å². The SMILES string of the molecule is CC1(C)Cc2c(sc3[nH]c(=O)oc(=O)c23)CO1. The Hall–Kier alpha value is -1.40. The molecule has 0 saturated carbocycles. The Bertz CT molecular complexity index is 706. The molecule has 3 heterocycles. The van der Waals surface area contributed by atoms with Gasteiger partial charge in [0, 0.05) is 11.3 Å². The van der Waals surface area contributed by atoms with Gasteiger partial charge in [0.1, 0.15) is 4.83 Å². The number of nitrogens with one attached hydrogen (secondary N) is 1. The van der Waals surface area contributed by atoms with Gasteiger partial charge in [-0.05, 0) is 19.4 Å². The number of hydrogen-bond donors (Lipinski definition) is 1. The molecule has 5 nitrogen and oxygen atoms in total. The molecule has 0 bridgehead atoms. The molecule has 90 valence electrons. The molecule has 0 unspecified atom stereocenters. The molecule has 0 fully saturated rings. The molecule has 17 heavy (non-hydrogen) atoms. The van der Waals surface area contributed by atoms with Crippen LogP contribution in [0.5, 0.6) is 0 Å². The second-order valence-electron chi connectivity index (χ2n) is 4.74. The summed E-state index contributed by atoms with van der Waals surface area (Å²) in [5.74, 6) is -0.707. The van der Waals surface area contributed by atoms with Gasteiger partial charge in [0.15, 0.2) is 0 Å². The molecule has 0 aliphatic carbocycles. The molecule has 2 aromatic rings. The van der Waals surface area contributed by atoms with Gasteiger partial charge in [-0.25, -0.2) is 9.59 Å². The molecule has 0 saturated heterocycles. The predicted octanol–water partition coefficient (Wildman–Crippen LogP) is 1.39. The Morgan fingerprint density at radius 2 is 2.12 bits per heavy atom. The molecule has 0 amide bonds. The summed E-state index contributed by atoms with van der Waals surface area (Å²) >= 11 is 1.39. The van der Waals surface area contributed by atoms with E-state index in [9.17, 15) is 9.59 Å². The Kier molecular flexibility index (Phi) is 2.08. The standard InChI is InChI=1S/C11H11NO4S/c1-11(2)3-5-6(4-15-11)17-8-7(5)9(13)16-10(14)12-8/h3-4H2,1-2H3,(H,12,14). The van der Waals surface area contributed by atoms with E-state index in [0.717, 1.165) is 10.4 Å². The van der Waals surface area contributed by atoms with Crippen LogP contribution in [-0.4, -0.2) is 10.6 Å². The van der Waals surface area contributed by atoms with E-state index in [1.807, 2.05) is 13.8 Å². The summed E-state index contributed by atoms with van der Waals surface area (Å²) in [5, 5.41) is 0.501. The second kappa shape index (κ2) is 3.30. The highest BCUT2D eigenvalue weighted by Gasteiger charge is 2.30. The molecule has 0 spiro atoms. The van der Waals surface area contributed by atoms with E-state index in [2.05, 4.69) is 9.40 Å². The number of H-pyrrole nitrogens is 1. The summed E-state index contributed by atoms with van der Waals surface area (Å²) in [6.45, 7) is 4.43. The first-order valence-corrected chi connectivity index (χ1v) is 6.09. The molecular formula is C11H11NO4S. The van der Waals surface area contributed by atoms with Gasteiger partial charge in [-0.2, -0.15) is 0 Å². The number of aromatic amines is 1. The van der Waals surface area contributed by atoms with Gasteiger partial charge < -0.3 is 9.15 Å². The average Bonchev–Trinajstić information content (AvgIpc) is 2.53. The smallest absolute Gasteiger partial charge is 0.372 e. The Labute approximate surface area is 100 Å². The summed E-state index contributed by atoms with van der Waals surface area (Å²) in [5.41, 5.74) is 0.106. The molecule has 0 atom stereocenters. The first-order valence-electron chi connectivity index (χ1n) is 5.28. The fourth-order valence-corrected chi connectivity index (χ4v) is 3.22. The minimum Gasteiger partial charge on any atom is -0.372 e. The highest BCUT2D eigenvalue weighted by molar-refractivity contribution is 7.18. The average molecular weight is 253 g/mol.